The first kappa shape index (κ1) is 18.0. The predicted molar refractivity (Wildman–Crippen MR) is 94.7 cm³/mol. The van der Waals surface area contributed by atoms with Crippen LogP contribution in [-0.4, -0.2) is 12.6 Å². The van der Waals surface area contributed by atoms with Crippen LogP contribution in [0.5, 0.6) is 0 Å². The van der Waals surface area contributed by atoms with Gasteiger partial charge in [-0.15, -0.1) is 0 Å². The van der Waals surface area contributed by atoms with Crippen LogP contribution in [0.3, 0.4) is 0 Å². The molecule has 118 valence electrons. The summed E-state index contributed by atoms with van der Waals surface area (Å²) in [5, 5.41) is 3.77. The third-order valence-electron chi connectivity index (χ3n) is 3.93. The Bertz CT molecular complexity index is 407. The Morgan fingerprint density at radius 1 is 1.14 bits per heavy atom. The van der Waals surface area contributed by atoms with Gasteiger partial charge in [0.2, 0.25) is 0 Å². The molecule has 0 aliphatic carbocycles. The Hall–Kier alpha value is -1.08. The number of hydrogen-bond donors (Lipinski definition) is 1. The van der Waals surface area contributed by atoms with Crippen molar-refractivity contribution in [1.82, 2.24) is 5.32 Å². The quantitative estimate of drug-likeness (QED) is 0.500. The molecule has 0 aliphatic heterocycles. The summed E-state index contributed by atoms with van der Waals surface area (Å²) >= 11 is 0. The molecule has 1 unspecified atom stereocenters. The second-order valence-electron chi connectivity index (χ2n) is 7.32. The van der Waals surface area contributed by atoms with Crippen molar-refractivity contribution in [2.24, 2.45) is 5.41 Å². The van der Waals surface area contributed by atoms with Crippen LogP contribution in [0.4, 0.5) is 0 Å². The third-order valence-corrected chi connectivity index (χ3v) is 3.93. The summed E-state index contributed by atoms with van der Waals surface area (Å²) in [5.41, 5.74) is 3.19. The SMILES string of the molecule is CC(C)=CCCC(NCCCc1ccccc1)C(C)(C)C. The van der Waals surface area contributed by atoms with Crippen molar-refractivity contribution >= 4 is 0 Å². The molecule has 0 amide bonds. The molecule has 0 aliphatic rings. The van der Waals surface area contributed by atoms with Gasteiger partial charge in [0.25, 0.3) is 0 Å². The first-order valence-corrected chi connectivity index (χ1v) is 8.30. The third kappa shape index (κ3) is 8.06. The molecule has 0 heterocycles. The molecule has 0 saturated heterocycles. The van der Waals surface area contributed by atoms with Crippen LogP contribution in [-0.2, 0) is 6.42 Å². The fourth-order valence-corrected chi connectivity index (χ4v) is 2.59. The molecule has 0 fully saturated rings. The van der Waals surface area contributed by atoms with Gasteiger partial charge in [-0.1, -0.05) is 62.8 Å². The lowest BCUT2D eigenvalue weighted by Gasteiger charge is -2.31. The van der Waals surface area contributed by atoms with Gasteiger partial charge in [-0.2, -0.15) is 0 Å². The lowest BCUT2D eigenvalue weighted by atomic mass is 9.84. The first-order valence-electron chi connectivity index (χ1n) is 8.30. The van der Waals surface area contributed by atoms with E-state index in [1.54, 1.807) is 0 Å². The zero-order valence-corrected chi connectivity index (χ0v) is 14.6. The number of hydrogen-bond acceptors (Lipinski definition) is 1. The van der Waals surface area contributed by atoms with E-state index in [2.05, 4.69) is 76.3 Å². The van der Waals surface area contributed by atoms with Crippen LogP contribution in [0.25, 0.3) is 0 Å². The van der Waals surface area contributed by atoms with Gasteiger partial charge in [-0.25, -0.2) is 0 Å². The minimum atomic E-state index is 0.322. The van der Waals surface area contributed by atoms with Gasteiger partial charge in [0.1, 0.15) is 0 Å². The maximum atomic E-state index is 3.77. The molecule has 1 heteroatoms. The number of benzene rings is 1. The van der Waals surface area contributed by atoms with Crippen LogP contribution in [0.2, 0.25) is 0 Å². The molecule has 1 nitrogen and oxygen atoms in total. The zero-order chi connectivity index (χ0) is 15.7. The van der Waals surface area contributed by atoms with E-state index in [-0.39, 0.29) is 0 Å². The van der Waals surface area contributed by atoms with Gasteiger partial charge < -0.3 is 5.32 Å². The van der Waals surface area contributed by atoms with E-state index >= 15 is 0 Å². The molecule has 0 radical (unpaired) electrons. The highest BCUT2D eigenvalue weighted by atomic mass is 14.9. The van der Waals surface area contributed by atoms with Crippen LogP contribution < -0.4 is 5.32 Å². The fourth-order valence-electron chi connectivity index (χ4n) is 2.59. The zero-order valence-electron chi connectivity index (χ0n) is 14.6. The molecule has 1 aromatic carbocycles. The molecule has 1 N–H and O–H groups in total. The van der Waals surface area contributed by atoms with Gasteiger partial charge in [-0.05, 0) is 57.1 Å². The van der Waals surface area contributed by atoms with Gasteiger partial charge in [0.05, 0.1) is 0 Å². The highest BCUT2D eigenvalue weighted by Gasteiger charge is 2.22. The Labute approximate surface area is 131 Å². The molecule has 0 bridgehead atoms. The normalized spacial score (nSPS) is 13.0. The van der Waals surface area contributed by atoms with Crippen molar-refractivity contribution < 1.29 is 0 Å². The molecular formula is C20H33N. The van der Waals surface area contributed by atoms with Crippen LogP contribution >= 0.6 is 0 Å². The average molecular weight is 287 g/mol. The highest BCUT2D eigenvalue weighted by molar-refractivity contribution is 5.14. The van der Waals surface area contributed by atoms with E-state index < -0.39 is 0 Å². The van der Waals surface area contributed by atoms with E-state index in [0.717, 1.165) is 6.54 Å². The molecule has 21 heavy (non-hydrogen) atoms. The summed E-state index contributed by atoms with van der Waals surface area (Å²) in [4.78, 5) is 0. The molecule has 1 atom stereocenters. The number of allylic oxidation sites excluding steroid dienone is 2. The molecular weight excluding hydrogens is 254 g/mol. The summed E-state index contributed by atoms with van der Waals surface area (Å²) in [6, 6.07) is 11.4. The summed E-state index contributed by atoms with van der Waals surface area (Å²) in [6.07, 6.45) is 7.12. The summed E-state index contributed by atoms with van der Waals surface area (Å²) in [5.74, 6) is 0. The summed E-state index contributed by atoms with van der Waals surface area (Å²) in [6.45, 7) is 12.5. The van der Waals surface area contributed by atoms with Crippen molar-refractivity contribution in [3.05, 3.63) is 47.5 Å². The minimum Gasteiger partial charge on any atom is -0.313 e. The Kier molecular flexibility index (Phi) is 7.74. The lowest BCUT2D eigenvalue weighted by Crippen LogP contribution is -2.40. The van der Waals surface area contributed by atoms with E-state index in [0.29, 0.717) is 11.5 Å². The van der Waals surface area contributed by atoms with Crippen molar-refractivity contribution in [2.75, 3.05) is 6.54 Å². The fraction of sp³-hybridized carbons (Fsp3) is 0.600. The second kappa shape index (κ2) is 9.04. The molecule has 1 rings (SSSR count). The Morgan fingerprint density at radius 2 is 1.81 bits per heavy atom. The topological polar surface area (TPSA) is 12.0 Å². The number of nitrogens with one attached hydrogen (secondary N) is 1. The first-order chi connectivity index (χ1) is 9.89. The maximum absolute atomic E-state index is 3.77. The van der Waals surface area contributed by atoms with E-state index in [1.807, 2.05) is 0 Å². The molecule has 0 spiro atoms. The number of rotatable bonds is 8. The molecule has 0 aromatic heterocycles. The monoisotopic (exact) mass is 287 g/mol. The standard InChI is InChI=1S/C20H33N/c1-17(2)11-9-15-19(20(3,4)5)21-16-10-14-18-12-7-6-8-13-18/h6-8,11-13,19,21H,9-10,14-16H2,1-5H3. The van der Waals surface area contributed by atoms with Crippen LogP contribution in [0.15, 0.2) is 42.0 Å². The van der Waals surface area contributed by atoms with Crippen LogP contribution in [0, 0.1) is 5.41 Å². The second-order valence-corrected chi connectivity index (χ2v) is 7.32. The van der Waals surface area contributed by atoms with Crippen molar-refractivity contribution in [1.29, 1.82) is 0 Å². The van der Waals surface area contributed by atoms with Crippen molar-refractivity contribution in [3.63, 3.8) is 0 Å². The minimum absolute atomic E-state index is 0.322. The highest BCUT2D eigenvalue weighted by Crippen LogP contribution is 2.23. The Morgan fingerprint density at radius 3 is 2.38 bits per heavy atom. The van der Waals surface area contributed by atoms with Crippen molar-refractivity contribution in [3.8, 4) is 0 Å². The van der Waals surface area contributed by atoms with E-state index in [1.165, 1.54) is 36.8 Å². The largest absolute Gasteiger partial charge is 0.313 e. The average Bonchev–Trinajstić information content (AvgIpc) is 2.41. The smallest absolute Gasteiger partial charge is 0.0118 e. The van der Waals surface area contributed by atoms with E-state index in [9.17, 15) is 0 Å². The summed E-state index contributed by atoms with van der Waals surface area (Å²) < 4.78 is 0. The lowest BCUT2D eigenvalue weighted by molar-refractivity contribution is 0.255. The number of aryl methyl sites for hydroxylation is 1. The van der Waals surface area contributed by atoms with Gasteiger partial charge >= 0.3 is 0 Å². The van der Waals surface area contributed by atoms with Gasteiger partial charge in [0.15, 0.2) is 0 Å². The molecule has 0 saturated carbocycles. The van der Waals surface area contributed by atoms with E-state index in [4.69, 9.17) is 0 Å². The molecule has 1 aromatic rings. The van der Waals surface area contributed by atoms with Gasteiger partial charge in [-0.3, -0.25) is 0 Å². The summed E-state index contributed by atoms with van der Waals surface area (Å²) in [7, 11) is 0. The predicted octanol–water partition coefficient (Wildman–Crippen LogP) is 5.37. The van der Waals surface area contributed by atoms with Gasteiger partial charge in [0, 0.05) is 6.04 Å². The van der Waals surface area contributed by atoms with Crippen molar-refractivity contribution in [2.45, 2.75) is 66.3 Å². The maximum Gasteiger partial charge on any atom is 0.0118 e. The Balaban J connectivity index is 2.34. The van der Waals surface area contributed by atoms with Crippen LogP contribution in [0.1, 0.15) is 59.4 Å².